The van der Waals surface area contributed by atoms with E-state index in [4.69, 9.17) is 0 Å². The second kappa shape index (κ2) is 22.1. The monoisotopic (exact) mass is 1080 g/mol. The van der Waals surface area contributed by atoms with Gasteiger partial charge in [0.1, 0.15) is 0 Å². The van der Waals surface area contributed by atoms with Gasteiger partial charge in [0.15, 0.2) is 0 Å². The van der Waals surface area contributed by atoms with Gasteiger partial charge >= 0.3 is 0 Å². The predicted octanol–water partition coefficient (Wildman–Crippen LogP) is 22.7. The fraction of sp³-hybridized carbons (Fsp3) is 0.0118. The van der Waals surface area contributed by atoms with Crippen LogP contribution in [0.4, 0.5) is 0 Å². The molecule has 0 nitrogen and oxygen atoms in total. The fourth-order valence-corrected chi connectivity index (χ4v) is 13.2. The highest BCUT2D eigenvalue weighted by Crippen LogP contribution is 2.60. The first-order valence-corrected chi connectivity index (χ1v) is 29.4. The molecule has 0 amide bonds. The summed E-state index contributed by atoms with van der Waals surface area (Å²) < 4.78 is 0. The molecule has 85 heavy (non-hydrogen) atoms. The van der Waals surface area contributed by atoms with Gasteiger partial charge in [0.2, 0.25) is 0 Å². The molecule has 1 aliphatic carbocycles. The molecule has 14 aromatic carbocycles. The predicted molar refractivity (Wildman–Crippen MR) is 358 cm³/mol. The van der Waals surface area contributed by atoms with Crippen LogP contribution in [-0.2, 0) is 5.41 Å². The molecule has 1 aliphatic rings. The Morgan fingerprint density at radius 3 is 0.706 bits per heavy atom. The number of hydrogen-bond acceptors (Lipinski definition) is 0. The second-order valence-electron chi connectivity index (χ2n) is 22.4. The van der Waals surface area contributed by atoms with E-state index < -0.39 is 5.41 Å². The van der Waals surface area contributed by atoms with Crippen molar-refractivity contribution >= 4 is 0 Å². The topological polar surface area (TPSA) is 0 Å². The lowest BCUT2D eigenvalue weighted by Crippen LogP contribution is -2.29. The van der Waals surface area contributed by atoms with Crippen LogP contribution in [0.25, 0.3) is 122 Å². The van der Waals surface area contributed by atoms with Crippen LogP contribution in [0, 0.1) is 0 Å². The van der Waals surface area contributed by atoms with E-state index >= 15 is 0 Å². The molecule has 15 rings (SSSR count). The Balaban J connectivity index is 1.06. The van der Waals surface area contributed by atoms with Gasteiger partial charge in [-0.25, -0.2) is 0 Å². The smallest absolute Gasteiger partial charge is 0.0622 e. The summed E-state index contributed by atoms with van der Waals surface area (Å²) >= 11 is 0. The molecule has 0 heterocycles. The van der Waals surface area contributed by atoms with E-state index in [2.05, 4.69) is 352 Å². The number of benzene rings is 14. The first-order chi connectivity index (χ1) is 42.1. The van der Waals surface area contributed by atoms with E-state index in [0.29, 0.717) is 0 Å². The normalized spacial score (nSPS) is 12.1. The van der Waals surface area contributed by atoms with Crippen molar-refractivity contribution in [2.45, 2.75) is 5.41 Å². The third kappa shape index (κ3) is 9.60. The maximum atomic E-state index is 2.52. The Bertz CT molecular complexity index is 4310. The Morgan fingerprint density at radius 1 is 0.141 bits per heavy atom. The Hall–Kier alpha value is -10.9. The van der Waals surface area contributed by atoms with Crippen LogP contribution in [0.2, 0.25) is 0 Å². The minimum atomic E-state index is -0.851. The summed E-state index contributed by atoms with van der Waals surface area (Å²) in [6.07, 6.45) is 0. The molecular weight excluding hydrogens is 1020 g/mol. The van der Waals surface area contributed by atoms with Crippen LogP contribution < -0.4 is 0 Å². The van der Waals surface area contributed by atoms with Gasteiger partial charge in [-0.15, -0.1) is 0 Å². The van der Waals surface area contributed by atoms with E-state index in [-0.39, 0.29) is 0 Å². The summed E-state index contributed by atoms with van der Waals surface area (Å²) in [6.45, 7) is 0. The number of rotatable bonds is 12. The number of hydrogen-bond donors (Lipinski definition) is 0. The zero-order chi connectivity index (χ0) is 56.5. The van der Waals surface area contributed by atoms with Crippen LogP contribution in [0.3, 0.4) is 0 Å². The SMILES string of the molecule is c1ccc(-c2cccc(-c3cc(-c4cccc(-c5ccccc5)c4)cc(C4(c5cc(-c6cccc(-c7ccccc7)c6)cc(-c6cccc(-c7ccccc7)c6)c5)c5ccccc5-c5c(-c6cccc(-c7ccccc7)c6)cccc54)c3)c2)cc1. The minimum absolute atomic E-state index is 0.851. The maximum Gasteiger partial charge on any atom is 0.0714 e. The molecule has 0 radical (unpaired) electrons. The lowest BCUT2D eigenvalue weighted by Gasteiger charge is -2.35. The van der Waals surface area contributed by atoms with Crippen LogP contribution in [-0.4, -0.2) is 0 Å². The second-order valence-corrected chi connectivity index (χ2v) is 22.4. The minimum Gasteiger partial charge on any atom is -0.0622 e. The van der Waals surface area contributed by atoms with Gasteiger partial charge in [0.25, 0.3) is 0 Å². The van der Waals surface area contributed by atoms with E-state index in [1.54, 1.807) is 0 Å². The summed E-state index contributed by atoms with van der Waals surface area (Å²) in [6, 6.07) is 131. The third-order valence-electron chi connectivity index (χ3n) is 17.3. The van der Waals surface area contributed by atoms with E-state index in [9.17, 15) is 0 Å². The fourth-order valence-electron chi connectivity index (χ4n) is 13.2. The number of fused-ring (bicyclic) bond motifs is 3. The molecule has 398 valence electrons. The van der Waals surface area contributed by atoms with Gasteiger partial charge in [-0.3, -0.25) is 0 Å². The molecule has 0 atom stereocenters. The van der Waals surface area contributed by atoms with Crippen molar-refractivity contribution in [3.05, 3.63) is 374 Å². The zero-order valence-corrected chi connectivity index (χ0v) is 47.0. The molecule has 0 spiro atoms. The average Bonchev–Trinajstić information content (AvgIpc) is 1.70. The Kier molecular flexibility index (Phi) is 13.3. The van der Waals surface area contributed by atoms with E-state index in [1.165, 1.54) is 100 Å². The quantitative estimate of drug-likeness (QED) is 0.114. The first kappa shape index (κ1) is 51.0. The molecule has 0 heteroatoms. The molecule has 0 saturated carbocycles. The molecule has 0 aromatic heterocycles. The van der Waals surface area contributed by atoms with Crippen molar-refractivity contribution in [3.63, 3.8) is 0 Å². The van der Waals surface area contributed by atoms with Crippen molar-refractivity contribution in [1.82, 2.24) is 0 Å². The zero-order valence-electron chi connectivity index (χ0n) is 47.0. The average molecular weight is 1080 g/mol. The molecular formula is C85H58. The lowest BCUT2D eigenvalue weighted by atomic mass is 9.66. The van der Waals surface area contributed by atoms with E-state index in [1.807, 2.05) is 0 Å². The van der Waals surface area contributed by atoms with Gasteiger partial charge in [-0.2, -0.15) is 0 Å². The van der Waals surface area contributed by atoms with Crippen molar-refractivity contribution in [1.29, 1.82) is 0 Å². The van der Waals surface area contributed by atoms with E-state index in [0.717, 1.165) is 44.5 Å². The standard InChI is InChI=1S/C85H58/c1-6-24-59(25-7-1)64-34-18-39-69(48-64)74-53-75(70-40-19-35-65(49-70)60-26-8-2-9-27-60)56-78(55-74)85(82-46-17-16-44-81(82)84-80(45-23-47-83(84)85)73-43-22-38-68(52-73)63-32-14-5-15-33-63)79-57-76(71-41-20-36-66(50-71)61-28-10-3-11-29-61)54-77(58-79)72-42-21-37-67(51-72)62-30-12-4-13-31-62/h1-58H. The van der Waals surface area contributed by atoms with Crippen molar-refractivity contribution in [3.8, 4) is 122 Å². The van der Waals surface area contributed by atoms with Crippen LogP contribution in [0.1, 0.15) is 22.3 Å². The first-order valence-electron chi connectivity index (χ1n) is 29.4. The molecule has 0 aliphatic heterocycles. The molecule has 14 aromatic rings. The lowest BCUT2D eigenvalue weighted by molar-refractivity contribution is 0.770. The molecule has 0 fully saturated rings. The van der Waals surface area contributed by atoms with Crippen molar-refractivity contribution in [2.75, 3.05) is 0 Å². The van der Waals surface area contributed by atoms with Gasteiger partial charge in [0, 0.05) is 0 Å². The van der Waals surface area contributed by atoms with Crippen LogP contribution >= 0.6 is 0 Å². The van der Waals surface area contributed by atoms with Gasteiger partial charge in [-0.1, -0.05) is 285 Å². The maximum absolute atomic E-state index is 2.52. The summed E-state index contributed by atoms with van der Waals surface area (Å²) in [4.78, 5) is 0. The van der Waals surface area contributed by atoms with Crippen molar-refractivity contribution in [2.24, 2.45) is 0 Å². The van der Waals surface area contributed by atoms with Crippen molar-refractivity contribution < 1.29 is 0 Å². The summed E-state index contributed by atoms with van der Waals surface area (Å²) in [7, 11) is 0. The summed E-state index contributed by atoms with van der Waals surface area (Å²) in [5.74, 6) is 0. The van der Waals surface area contributed by atoms with Gasteiger partial charge in [-0.05, 0) is 211 Å². The molecule has 0 N–H and O–H groups in total. The molecule has 0 saturated heterocycles. The summed E-state index contributed by atoms with van der Waals surface area (Å²) in [5.41, 5.74) is 29.9. The highest BCUT2D eigenvalue weighted by atomic mass is 14.5. The highest BCUT2D eigenvalue weighted by Gasteiger charge is 2.48. The Labute approximate surface area is 499 Å². The third-order valence-corrected chi connectivity index (χ3v) is 17.3. The Morgan fingerprint density at radius 2 is 0.365 bits per heavy atom. The highest BCUT2D eigenvalue weighted by molar-refractivity contribution is 5.97. The largest absolute Gasteiger partial charge is 0.0714 e. The van der Waals surface area contributed by atoms with Crippen LogP contribution in [0.5, 0.6) is 0 Å². The molecule has 0 unspecified atom stereocenters. The van der Waals surface area contributed by atoms with Gasteiger partial charge in [0.05, 0.1) is 5.41 Å². The van der Waals surface area contributed by atoms with Gasteiger partial charge < -0.3 is 0 Å². The van der Waals surface area contributed by atoms with Crippen LogP contribution in [0.15, 0.2) is 352 Å². The summed E-state index contributed by atoms with van der Waals surface area (Å²) in [5, 5.41) is 0. The molecule has 0 bridgehead atoms.